The van der Waals surface area contributed by atoms with Crippen molar-refractivity contribution >= 4 is 27.7 Å². The molecule has 3 aromatic rings. The van der Waals surface area contributed by atoms with Crippen LogP contribution >= 0.6 is 0 Å². The van der Waals surface area contributed by atoms with Crippen LogP contribution in [-0.2, 0) is 29.1 Å². The van der Waals surface area contributed by atoms with Crippen LogP contribution in [0.3, 0.4) is 0 Å². The van der Waals surface area contributed by atoms with E-state index >= 15 is 0 Å². The number of anilines is 1. The Kier molecular flexibility index (Phi) is 8.39. The number of benzene rings is 2. The molecule has 9 nitrogen and oxygen atoms in total. The van der Waals surface area contributed by atoms with Crippen molar-refractivity contribution in [2.45, 2.75) is 50.9 Å². The lowest BCUT2D eigenvalue weighted by molar-refractivity contribution is -0.141. The smallest absolute Gasteiger partial charge is 0.434 e. The van der Waals surface area contributed by atoms with Gasteiger partial charge in [-0.05, 0) is 46.9 Å². The van der Waals surface area contributed by atoms with Crippen LogP contribution in [0, 0.1) is 5.92 Å². The van der Waals surface area contributed by atoms with Crippen molar-refractivity contribution in [1.29, 1.82) is 0 Å². The fraction of sp³-hybridized carbons (Fsp3) is 0.357. The number of halogens is 3. The van der Waals surface area contributed by atoms with Gasteiger partial charge in [0.2, 0.25) is 5.95 Å². The van der Waals surface area contributed by atoms with Crippen molar-refractivity contribution in [1.82, 2.24) is 15.3 Å². The number of nitrogens with zero attached hydrogens (tertiary/aromatic N) is 3. The molecule has 1 amide bonds. The monoisotopic (exact) mass is 590 g/mol. The third-order valence-corrected chi connectivity index (χ3v) is 8.81. The number of hydrogen-bond donors (Lipinski definition) is 2. The Hall–Kier alpha value is -4.00. The largest absolute Gasteiger partial charge is 0.478 e. The van der Waals surface area contributed by atoms with E-state index in [1.54, 1.807) is 36.1 Å². The molecule has 0 aliphatic carbocycles. The lowest BCUT2D eigenvalue weighted by atomic mass is 9.82. The van der Waals surface area contributed by atoms with Gasteiger partial charge in [-0.2, -0.15) is 13.2 Å². The van der Waals surface area contributed by atoms with Crippen molar-refractivity contribution < 1.29 is 36.3 Å². The molecule has 0 saturated heterocycles. The number of amides is 1. The van der Waals surface area contributed by atoms with E-state index in [4.69, 9.17) is 0 Å². The number of aromatic nitrogens is 2. The third-order valence-electron chi connectivity index (χ3n) is 7.06. The number of fused-ring (bicyclic) bond motifs is 1. The predicted molar refractivity (Wildman–Crippen MR) is 144 cm³/mol. The van der Waals surface area contributed by atoms with Crippen LogP contribution < -0.4 is 10.2 Å². The molecule has 0 spiro atoms. The summed E-state index contributed by atoms with van der Waals surface area (Å²) in [5.74, 6) is -2.42. The lowest BCUT2D eigenvalue weighted by Gasteiger charge is -2.37. The summed E-state index contributed by atoms with van der Waals surface area (Å²) in [5, 5.41) is 12.0. The predicted octanol–water partition coefficient (Wildman–Crippen LogP) is 4.68. The van der Waals surface area contributed by atoms with Gasteiger partial charge in [-0.15, -0.1) is 0 Å². The molecular formula is C28H29F3N4O5S. The summed E-state index contributed by atoms with van der Waals surface area (Å²) < 4.78 is 64.8. The topological polar surface area (TPSA) is 130 Å². The Bertz CT molecular complexity index is 1570. The number of carboxylic acid groups (broad SMARTS) is 1. The number of sulfone groups is 1. The van der Waals surface area contributed by atoms with Crippen molar-refractivity contribution in [3.63, 3.8) is 0 Å². The average Bonchev–Trinajstić information content (AvgIpc) is 2.94. The van der Waals surface area contributed by atoms with Gasteiger partial charge >= 0.3 is 12.1 Å². The highest BCUT2D eigenvalue weighted by molar-refractivity contribution is 7.91. The molecule has 0 bridgehead atoms. The van der Waals surface area contributed by atoms with E-state index in [0.29, 0.717) is 23.9 Å². The summed E-state index contributed by atoms with van der Waals surface area (Å²) in [6, 6.07) is 11.5. The fourth-order valence-electron chi connectivity index (χ4n) is 4.74. The maximum absolute atomic E-state index is 13.6. The number of alkyl halides is 3. The molecule has 2 heterocycles. The Morgan fingerprint density at radius 2 is 1.83 bits per heavy atom. The first-order chi connectivity index (χ1) is 19.2. The van der Waals surface area contributed by atoms with Gasteiger partial charge < -0.3 is 15.3 Å². The van der Waals surface area contributed by atoms with Crippen LogP contribution in [0.25, 0.3) is 0 Å². The summed E-state index contributed by atoms with van der Waals surface area (Å²) in [5.41, 5.74) is 0.182. The zero-order valence-electron chi connectivity index (χ0n) is 22.6. The standard InChI is InChI=1S/C28H29F3N4O5S/c1-4-41(39,40)20-8-5-17(6-9-20)12-32-25(36)18-7-10-21-19(11-18)14-35(15-23(21)16(2)3)27-33-13-22(26(37)38)24(34-27)28(29,30)31/h5-11,13,16,23H,4,12,14-15H2,1-3H3,(H,32,36)(H,37,38). The summed E-state index contributed by atoms with van der Waals surface area (Å²) in [6.45, 7) is 6.11. The van der Waals surface area contributed by atoms with Gasteiger partial charge in [-0.3, -0.25) is 4.79 Å². The second kappa shape index (κ2) is 11.5. The fourth-order valence-corrected chi connectivity index (χ4v) is 5.62. The molecule has 1 aliphatic heterocycles. The Labute approximate surface area is 235 Å². The van der Waals surface area contributed by atoms with Crippen molar-refractivity contribution in [3.8, 4) is 0 Å². The summed E-state index contributed by atoms with van der Waals surface area (Å²) in [6.07, 6.45) is -4.31. The maximum atomic E-state index is 13.6. The van der Waals surface area contributed by atoms with Crippen LogP contribution in [0.15, 0.2) is 53.6 Å². The molecule has 0 radical (unpaired) electrons. The lowest BCUT2D eigenvalue weighted by Crippen LogP contribution is -2.37. The van der Waals surface area contributed by atoms with Gasteiger partial charge in [0.05, 0.1) is 10.6 Å². The number of carbonyl (C=O) groups excluding carboxylic acids is 1. The molecule has 2 aromatic carbocycles. The summed E-state index contributed by atoms with van der Waals surface area (Å²) in [4.78, 5) is 33.6. The summed E-state index contributed by atoms with van der Waals surface area (Å²) >= 11 is 0. The van der Waals surface area contributed by atoms with Gasteiger partial charge in [0, 0.05) is 37.3 Å². The van der Waals surface area contributed by atoms with Crippen molar-refractivity contribution in [3.05, 3.63) is 82.2 Å². The maximum Gasteiger partial charge on any atom is 0.434 e. The van der Waals surface area contributed by atoms with E-state index in [1.165, 1.54) is 12.1 Å². The zero-order valence-corrected chi connectivity index (χ0v) is 23.4. The molecule has 218 valence electrons. The van der Waals surface area contributed by atoms with Crippen LogP contribution in [0.5, 0.6) is 0 Å². The van der Waals surface area contributed by atoms with Crippen LogP contribution in [0.1, 0.15) is 69.8 Å². The molecule has 1 aromatic heterocycles. The van der Waals surface area contributed by atoms with Gasteiger partial charge in [0.15, 0.2) is 15.5 Å². The Morgan fingerprint density at radius 3 is 2.41 bits per heavy atom. The SMILES string of the molecule is CCS(=O)(=O)c1ccc(CNC(=O)c2ccc3c(c2)CN(c2ncc(C(=O)O)c(C(F)(F)F)n2)CC3C(C)C)cc1. The molecule has 1 atom stereocenters. The number of rotatable bonds is 8. The van der Waals surface area contributed by atoms with E-state index < -0.39 is 33.2 Å². The molecule has 0 saturated carbocycles. The molecule has 0 fully saturated rings. The molecular weight excluding hydrogens is 561 g/mol. The number of nitrogens with one attached hydrogen (secondary N) is 1. The number of carboxylic acids is 1. The number of carbonyl (C=O) groups is 2. The molecule has 13 heteroatoms. The minimum atomic E-state index is -4.98. The molecule has 41 heavy (non-hydrogen) atoms. The van der Waals surface area contributed by atoms with E-state index in [9.17, 15) is 36.3 Å². The first-order valence-electron chi connectivity index (χ1n) is 12.9. The van der Waals surface area contributed by atoms with E-state index in [-0.39, 0.29) is 47.4 Å². The van der Waals surface area contributed by atoms with E-state index in [2.05, 4.69) is 15.3 Å². The minimum absolute atomic E-state index is 0.0141. The molecule has 1 unspecified atom stereocenters. The van der Waals surface area contributed by atoms with E-state index in [1.807, 2.05) is 19.9 Å². The zero-order chi connectivity index (χ0) is 30.1. The Balaban J connectivity index is 1.57. The van der Waals surface area contributed by atoms with E-state index in [0.717, 1.165) is 11.1 Å². The average molecular weight is 591 g/mol. The number of aromatic carboxylic acids is 1. The second-order valence-corrected chi connectivity index (χ2v) is 12.4. The highest BCUT2D eigenvalue weighted by Crippen LogP contribution is 2.37. The first kappa shape index (κ1) is 30.0. The molecule has 4 rings (SSSR count). The van der Waals surface area contributed by atoms with Crippen LogP contribution in [-0.4, -0.2) is 47.7 Å². The highest BCUT2D eigenvalue weighted by Gasteiger charge is 2.39. The second-order valence-electron chi connectivity index (χ2n) is 10.1. The molecule has 1 aliphatic rings. The van der Waals surface area contributed by atoms with Crippen LogP contribution in [0.4, 0.5) is 19.1 Å². The highest BCUT2D eigenvalue weighted by atomic mass is 32.2. The van der Waals surface area contributed by atoms with Crippen molar-refractivity contribution in [2.75, 3.05) is 17.2 Å². The van der Waals surface area contributed by atoms with Crippen LogP contribution in [0.2, 0.25) is 0 Å². The van der Waals surface area contributed by atoms with Crippen molar-refractivity contribution in [2.24, 2.45) is 5.92 Å². The molecule has 2 N–H and O–H groups in total. The van der Waals surface area contributed by atoms with Gasteiger partial charge in [-0.1, -0.05) is 39.0 Å². The van der Waals surface area contributed by atoms with Gasteiger partial charge in [0.25, 0.3) is 5.91 Å². The minimum Gasteiger partial charge on any atom is -0.478 e. The van der Waals surface area contributed by atoms with Gasteiger partial charge in [0.1, 0.15) is 5.56 Å². The Morgan fingerprint density at radius 1 is 1.15 bits per heavy atom. The normalized spacial score (nSPS) is 15.5. The third kappa shape index (κ3) is 6.50. The summed E-state index contributed by atoms with van der Waals surface area (Å²) in [7, 11) is -3.33. The number of hydrogen-bond acceptors (Lipinski definition) is 7. The van der Waals surface area contributed by atoms with Gasteiger partial charge in [-0.25, -0.2) is 23.2 Å². The first-order valence-corrected chi connectivity index (χ1v) is 14.5. The quantitative estimate of drug-likeness (QED) is 0.387.